The maximum Gasteiger partial charge on any atom is 0.220 e. The van der Waals surface area contributed by atoms with Crippen molar-refractivity contribution in [3.63, 3.8) is 0 Å². The SMILES string of the molecule is COc1ccc(CCC(=O)NC(CN2CCN(C)CC2)c2ccccc2)cc1Cl. The molecule has 0 radical (unpaired) electrons. The number of benzene rings is 2. The zero-order chi connectivity index (χ0) is 20.6. The molecular weight excluding hydrogens is 386 g/mol. The molecule has 1 aliphatic rings. The van der Waals surface area contributed by atoms with Gasteiger partial charge in [-0.15, -0.1) is 0 Å². The Morgan fingerprint density at radius 2 is 1.86 bits per heavy atom. The summed E-state index contributed by atoms with van der Waals surface area (Å²) in [6.45, 7) is 5.01. The van der Waals surface area contributed by atoms with Crippen molar-refractivity contribution in [3.8, 4) is 5.75 Å². The molecular formula is C23H30ClN3O2. The van der Waals surface area contributed by atoms with E-state index >= 15 is 0 Å². The van der Waals surface area contributed by atoms with Crippen molar-refractivity contribution >= 4 is 17.5 Å². The lowest BCUT2D eigenvalue weighted by Gasteiger charge is -2.35. The number of hydrogen-bond donors (Lipinski definition) is 1. The highest BCUT2D eigenvalue weighted by Gasteiger charge is 2.21. The number of piperazine rings is 1. The van der Waals surface area contributed by atoms with Crippen molar-refractivity contribution in [1.82, 2.24) is 15.1 Å². The summed E-state index contributed by atoms with van der Waals surface area (Å²) in [5, 5.41) is 3.82. The number of ether oxygens (including phenoxy) is 1. The van der Waals surface area contributed by atoms with Gasteiger partial charge >= 0.3 is 0 Å². The fraction of sp³-hybridized carbons (Fsp3) is 0.435. The van der Waals surface area contributed by atoms with Crippen LogP contribution in [0.1, 0.15) is 23.6 Å². The van der Waals surface area contributed by atoms with E-state index in [1.54, 1.807) is 7.11 Å². The standard InChI is InChI=1S/C23H30ClN3O2/c1-26-12-14-27(15-13-26)17-21(19-6-4-3-5-7-19)25-23(28)11-9-18-8-10-22(29-2)20(24)16-18/h3-8,10,16,21H,9,11-15,17H2,1-2H3,(H,25,28). The second kappa shape index (κ2) is 10.6. The average molecular weight is 416 g/mol. The van der Waals surface area contributed by atoms with Gasteiger partial charge in [-0.05, 0) is 36.7 Å². The Morgan fingerprint density at radius 3 is 2.52 bits per heavy atom. The number of halogens is 1. The van der Waals surface area contributed by atoms with Gasteiger partial charge in [0.1, 0.15) is 5.75 Å². The third kappa shape index (κ3) is 6.46. The predicted octanol–water partition coefficient (Wildman–Crippen LogP) is 3.39. The van der Waals surface area contributed by atoms with Crippen molar-refractivity contribution in [3.05, 3.63) is 64.7 Å². The van der Waals surface area contributed by atoms with E-state index < -0.39 is 0 Å². The lowest BCUT2D eigenvalue weighted by atomic mass is 10.0. The van der Waals surface area contributed by atoms with Crippen LogP contribution in [0.3, 0.4) is 0 Å². The highest BCUT2D eigenvalue weighted by molar-refractivity contribution is 6.32. The van der Waals surface area contributed by atoms with Crippen LogP contribution in [0.25, 0.3) is 0 Å². The number of rotatable bonds is 8. The molecule has 1 amide bonds. The molecule has 0 aromatic heterocycles. The molecule has 0 spiro atoms. The fourth-order valence-corrected chi connectivity index (χ4v) is 3.88. The Hall–Kier alpha value is -2.08. The van der Waals surface area contributed by atoms with Crippen LogP contribution in [-0.4, -0.2) is 62.6 Å². The Morgan fingerprint density at radius 1 is 1.14 bits per heavy atom. The van der Waals surface area contributed by atoms with Crippen molar-refractivity contribution in [2.24, 2.45) is 0 Å². The van der Waals surface area contributed by atoms with Crippen molar-refractivity contribution in [2.75, 3.05) is 46.9 Å². The second-order valence-electron chi connectivity index (χ2n) is 7.60. The minimum Gasteiger partial charge on any atom is -0.495 e. The van der Waals surface area contributed by atoms with Gasteiger partial charge in [0.25, 0.3) is 0 Å². The highest BCUT2D eigenvalue weighted by atomic mass is 35.5. The van der Waals surface area contributed by atoms with Gasteiger partial charge in [0.15, 0.2) is 0 Å². The highest BCUT2D eigenvalue weighted by Crippen LogP contribution is 2.25. The Balaban J connectivity index is 1.59. The van der Waals surface area contributed by atoms with E-state index in [-0.39, 0.29) is 11.9 Å². The summed E-state index contributed by atoms with van der Waals surface area (Å²) in [6.07, 6.45) is 1.07. The first-order valence-corrected chi connectivity index (χ1v) is 10.5. The Labute approximate surface area is 178 Å². The number of nitrogens with one attached hydrogen (secondary N) is 1. The zero-order valence-electron chi connectivity index (χ0n) is 17.2. The van der Waals surface area contributed by atoms with Gasteiger partial charge in [-0.25, -0.2) is 0 Å². The molecule has 3 rings (SSSR count). The first-order valence-electron chi connectivity index (χ1n) is 10.1. The van der Waals surface area contributed by atoms with E-state index in [0.29, 0.717) is 23.6 Å². The van der Waals surface area contributed by atoms with Gasteiger partial charge in [0.2, 0.25) is 5.91 Å². The molecule has 1 heterocycles. The number of amides is 1. The van der Waals surface area contributed by atoms with Gasteiger partial charge in [-0.3, -0.25) is 9.69 Å². The summed E-state index contributed by atoms with van der Waals surface area (Å²) in [4.78, 5) is 17.5. The summed E-state index contributed by atoms with van der Waals surface area (Å²) in [7, 11) is 3.75. The molecule has 2 aromatic carbocycles. The molecule has 1 fully saturated rings. The first kappa shape index (κ1) is 21.6. The number of methoxy groups -OCH3 is 1. The topological polar surface area (TPSA) is 44.8 Å². The van der Waals surface area contributed by atoms with Crippen LogP contribution in [0, 0.1) is 0 Å². The summed E-state index contributed by atoms with van der Waals surface area (Å²) in [6, 6.07) is 15.9. The Bertz CT molecular complexity index is 792. The van der Waals surface area contributed by atoms with Crippen LogP contribution < -0.4 is 10.1 Å². The molecule has 156 valence electrons. The Kier molecular flexibility index (Phi) is 7.92. The van der Waals surface area contributed by atoms with Crippen LogP contribution in [0.2, 0.25) is 5.02 Å². The van der Waals surface area contributed by atoms with E-state index in [2.05, 4.69) is 34.3 Å². The largest absolute Gasteiger partial charge is 0.495 e. The minimum atomic E-state index is -0.00781. The number of carbonyl (C=O) groups excluding carboxylic acids is 1. The van der Waals surface area contributed by atoms with Gasteiger partial charge in [-0.2, -0.15) is 0 Å². The van der Waals surface area contributed by atoms with E-state index in [0.717, 1.165) is 43.9 Å². The third-order valence-corrected chi connectivity index (χ3v) is 5.73. The van der Waals surface area contributed by atoms with Gasteiger partial charge in [0.05, 0.1) is 18.2 Å². The summed E-state index contributed by atoms with van der Waals surface area (Å²) in [5.41, 5.74) is 2.17. The average Bonchev–Trinajstić information content (AvgIpc) is 2.74. The number of likely N-dealkylation sites (N-methyl/N-ethyl adjacent to an activating group) is 1. The smallest absolute Gasteiger partial charge is 0.220 e. The molecule has 1 unspecified atom stereocenters. The van der Waals surface area contributed by atoms with Crippen LogP contribution >= 0.6 is 11.6 Å². The molecule has 1 N–H and O–H groups in total. The molecule has 29 heavy (non-hydrogen) atoms. The molecule has 6 heteroatoms. The van der Waals surface area contributed by atoms with Crippen molar-refractivity contribution in [2.45, 2.75) is 18.9 Å². The van der Waals surface area contributed by atoms with Crippen LogP contribution in [0.5, 0.6) is 5.75 Å². The quantitative estimate of drug-likeness (QED) is 0.717. The number of nitrogens with zero attached hydrogens (tertiary/aromatic N) is 2. The molecule has 5 nitrogen and oxygen atoms in total. The van der Waals surface area contributed by atoms with E-state index in [1.165, 1.54) is 0 Å². The molecule has 0 bridgehead atoms. The van der Waals surface area contributed by atoms with Gasteiger partial charge in [0, 0.05) is 39.1 Å². The number of carbonyl (C=O) groups is 1. The molecule has 1 saturated heterocycles. The normalized spacial score (nSPS) is 16.4. The van der Waals surface area contributed by atoms with E-state index in [9.17, 15) is 4.79 Å². The minimum absolute atomic E-state index is 0.00781. The third-order valence-electron chi connectivity index (χ3n) is 5.43. The lowest BCUT2D eigenvalue weighted by Crippen LogP contribution is -2.47. The van der Waals surface area contributed by atoms with Crippen LogP contribution in [-0.2, 0) is 11.2 Å². The summed E-state index contributed by atoms with van der Waals surface area (Å²) >= 11 is 6.19. The lowest BCUT2D eigenvalue weighted by molar-refractivity contribution is -0.122. The first-order chi connectivity index (χ1) is 14.0. The summed E-state index contributed by atoms with van der Waals surface area (Å²) in [5.74, 6) is 0.705. The molecule has 1 atom stereocenters. The molecule has 0 aliphatic carbocycles. The monoisotopic (exact) mass is 415 g/mol. The van der Waals surface area contributed by atoms with E-state index in [1.807, 2.05) is 36.4 Å². The predicted molar refractivity (Wildman–Crippen MR) is 118 cm³/mol. The van der Waals surface area contributed by atoms with Crippen LogP contribution in [0.15, 0.2) is 48.5 Å². The maximum absolute atomic E-state index is 12.7. The van der Waals surface area contributed by atoms with Crippen molar-refractivity contribution in [1.29, 1.82) is 0 Å². The zero-order valence-corrected chi connectivity index (χ0v) is 18.0. The fourth-order valence-electron chi connectivity index (χ4n) is 3.60. The maximum atomic E-state index is 12.7. The number of aryl methyl sites for hydroxylation is 1. The summed E-state index contributed by atoms with van der Waals surface area (Å²) < 4.78 is 5.19. The van der Waals surface area contributed by atoms with Crippen molar-refractivity contribution < 1.29 is 9.53 Å². The second-order valence-corrected chi connectivity index (χ2v) is 8.01. The molecule has 0 saturated carbocycles. The molecule has 2 aromatic rings. The van der Waals surface area contributed by atoms with E-state index in [4.69, 9.17) is 16.3 Å². The van der Waals surface area contributed by atoms with Gasteiger partial charge in [-0.1, -0.05) is 48.0 Å². The van der Waals surface area contributed by atoms with Gasteiger partial charge < -0.3 is 15.0 Å². The van der Waals surface area contributed by atoms with Crippen LogP contribution in [0.4, 0.5) is 0 Å². The number of hydrogen-bond acceptors (Lipinski definition) is 4. The molecule has 1 aliphatic heterocycles.